The summed E-state index contributed by atoms with van der Waals surface area (Å²) in [6.45, 7) is 9.29. The highest BCUT2D eigenvalue weighted by Gasteiger charge is 2.40. The number of nitrogens with two attached hydrogens (primary N) is 1. The second-order valence-corrected chi connectivity index (χ2v) is 9.82. The van der Waals surface area contributed by atoms with Gasteiger partial charge in [0.05, 0.1) is 5.70 Å². The topological polar surface area (TPSA) is 41.6 Å². The van der Waals surface area contributed by atoms with Gasteiger partial charge in [0.1, 0.15) is 0 Å². The summed E-state index contributed by atoms with van der Waals surface area (Å²) in [5.74, 6) is 0. The molecule has 2 rings (SSSR count). The monoisotopic (exact) mass is 319 g/mol. The van der Waals surface area contributed by atoms with Crippen molar-refractivity contribution in [1.82, 2.24) is 4.90 Å². The molecule has 1 unspecified atom stereocenters. The Kier molecular flexibility index (Phi) is 4.66. The van der Waals surface area contributed by atoms with Gasteiger partial charge in [-0.05, 0) is 40.6 Å². The molecule has 0 amide bonds. The van der Waals surface area contributed by atoms with Gasteiger partial charge in [0.25, 0.3) is 0 Å². The van der Waals surface area contributed by atoms with Crippen molar-refractivity contribution in [2.45, 2.75) is 25.3 Å². The number of rotatable bonds is 5. The third-order valence-electron chi connectivity index (χ3n) is 3.52. The highest BCUT2D eigenvalue weighted by molar-refractivity contribution is 8.77. The standard InChI is InChI=1S/C13H19Cl2N3S/c1-3-7-18(8-4-2)10-5-6-11-12(9-10)19(14,15)13(16)17-11/h3-4,10H,1-2,5-9H2,(H2,16,17). The molecule has 1 aliphatic carbocycles. The van der Waals surface area contributed by atoms with Crippen LogP contribution in [0.1, 0.15) is 19.3 Å². The first-order valence-electron chi connectivity index (χ1n) is 6.25. The van der Waals surface area contributed by atoms with Gasteiger partial charge in [-0.1, -0.05) is 12.2 Å². The molecule has 0 fully saturated rings. The summed E-state index contributed by atoms with van der Waals surface area (Å²) >= 11 is 0. The van der Waals surface area contributed by atoms with Crippen molar-refractivity contribution in [2.75, 3.05) is 13.1 Å². The normalized spacial score (nSPS) is 26.9. The summed E-state index contributed by atoms with van der Waals surface area (Å²) < 4.78 is 0. The van der Waals surface area contributed by atoms with Crippen LogP contribution in [0.25, 0.3) is 0 Å². The van der Waals surface area contributed by atoms with Crippen LogP contribution in [0.3, 0.4) is 0 Å². The van der Waals surface area contributed by atoms with Crippen molar-refractivity contribution in [3.63, 3.8) is 0 Å². The van der Waals surface area contributed by atoms with Crippen LogP contribution < -0.4 is 5.73 Å². The van der Waals surface area contributed by atoms with Gasteiger partial charge < -0.3 is 5.73 Å². The predicted molar refractivity (Wildman–Crippen MR) is 87.6 cm³/mol. The Labute approximate surface area is 125 Å². The van der Waals surface area contributed by atoms with Crippen LogP contribution in [0, 0.1) is 0 Å². The van der Waals surface area contributed by atoms with Crippen molar-refractivity contribution in [2.24, 2.45) is 10.7 Å². The van der Waals surface area contributed by atoms with E-state index >= 15 is 0 Å². The summed E-state index contributed by atoms with van der Waals surface area (Å²) in [5.41, 5.74) is 6.85. The van der Waals surface area contributed by atoms with E-state index in [-0.39, 0.29) is 0 Å². The average Bonchev–Trinajstić information content (AvgIpc) is 2.60. The van der Waals surface area contributed by atoms with E-state index in [0.29, 0.717) is 11.2 Å². The molecule has 1 heterocycles. The van der Waals surface area contributed by atoms with Crippen molar-refractivity contribution >= 4 is 35.0 Å². The van der Waals surface area contributed by atoms with Gasteiger partial charge in [-0.15, -0.1) is 13.2 Å². The van der Waals surface area contributed by atoms with Crippen LogP contribution >= 0.6 is 29.8 Å². The summed E-state index contributed by atoms with van der Waals surface area (Å²) in [6, 6.07) is 0.403. The van der Waals surface area contributed by atoms with Gasteiger partial charge in [-0.3, -0.25) is 4.90 Å². The Bertz CT molecular complexity index is 447. The summed E-state index contributed by atoms with van der Waals surface area (Å²) in [7, 11) is 10.7. The third kappa shape index (κ3) is 2.87. The molecule has 2 aliphatic rings. The number of halogens is 2. The van der Waals surface area contributed by atoms with Crippen molar-refractivity contribution < 1.29 is 0 Å². The molecule has 19 heavy (non-hydrogen) atoms. The van der Waals surface area contributed by atoms with Gasteiger partial charge in [-0.2, -0.15) is 0 Å². The van der Waals surface area contributed by atoms with Crippen LogP contribution in [-0.4, -0.2) is 29.2 Å². The summed E-state index contributed by atoms with van der Waals surface area (Å²) in [5, 5.41) is 0.389. The number of hydrogen-bond donors (Lipinski definition) is 1. The second-order valence-electron chi connectivity index (χ2n) is 4.72. The van der Waals surface area contributed by atoms with E-state index in [0.717, 1.165) is 43.0 Å². The minimum Gasteiger partial charge on any atom is -0.377 e. The quantitative estimate of drug-likeness (QED) is 0.782. The summed E-state index contributed by atoms with van der Waals surface area (Å²) in [6.07, 6.45) is 6.59. The number of nitrogens with zero attached hydrogens (tertiary/aromatic N) is 2. The smallest absolute Gasteiger partial charge is 0.172 e. The average molecular weight is 320 g/mol. The van der Waals surface area contributed by atoms with Crippen LogP contribution in [0.15, 0.2) is 40.9 Å². The zero-order chi connectivity index (χ0) is 14.0. The van der Waals surface area contributed by atoms with E-state index in [4.69, 9.17) is 27.1 Å². The number of allylic oxidation sites excluding steroid dienone is 1. The Balaban J connectivity index is 2.15. The number of amidine groups is 1. The highest BCUT2D eigenvalue weighted by Crippen LogP contribution is 2.70. The molecule has 0 saturated heterocycles. The van der Waals surface area contributed by atoms with Gasteiger partial charge in [0.2, 0.25) is 0 Å². The fraction of sp³-hybridized carbons (Fsp3) is 0.462. The van der Waals surface area contributed by atoms with E-state index < -0.39 is 8.46 Å². The lowest BCUT2D eigenvalue weighted by molar-refractivity contribution is 0.222. The minimum atomic E-state index is -2.05. The van der Waals surface area contributed by atoms with Crippen LogP contribution in [0.5, 0.6) is 0 Å². The first-order chi connectivity index (χ1) is 9.00. The van der Waals surface area contributed by atoms with Crippen molar-refractivity contribution in [1.29, 1.82) is 0 Å². The Morgan fingerprint density at radius 1 is 1.37 bits per heavy atom. The fourth-order valence-electron chi connectivity index (χ4n) is 2.58. The van der Waals surface area contributed by atoms with E-state index in [1.165, 1.54) is 0 Å². The second kappa shape index (κ2) is 5.92. The molecule has 6 heteroatoms. The fourth-order valence-corrected chi connectivity index (χ4v) is 5.02. The van der Waals surface area contributed by atoms with Crippen molar-refractivity contribution in [3.8, 4) is 0 Å². The van der Waals surface area contributed by atoms with Crippen LogP contribution in [0.2, 0.25) is 0 Å². The molecule has 0 saturated carbocycles. The largest absolute Gasteiger partial charge is 0.377 e. The first kappa shape index (κ1) is 15.0. The highest BCUT2D eigenvalue weighted by atomic mass is 36.0. The molecule has 0 bridgehead atoms. The van der Waals surface area contributed by atoms with E-state index in [1.807, 2.05) is 12.2 Å². The molecule has 3 nitrogen and oxygen atoms in total. The van der Waals surface area contributed by atoms with Gasteiger partial charge >= 0.3 is 0 Å². The molecule has 106 valence electrons. The number of hydrogen-bond acceptors (Lipinski definition) is 3. The molecule has 0 aromatic rings. The minimum absolute atomic E-state index is 0.389. The lowest BCUT2D eigenvalue weighted by atomic mass is 9.97. The molecule has 0 radical (unpaired) electrons. The Hall–Kier alpha value is -0.420. The summed E-state index contributed by atoms with van der Waals surface area (Å²) in [4.78, 5) is 7.72. The van der Waals surface area contributed by atoms with E-state index in [2.05, 4.69) is 23.1 Å². The maximum absolute atomic E-state index is 6.39. The lowest BCUT2D eigenvalue weighted by Gasteiger charge is -2.35. The van der Waals surface area contributed by atoms with Crippen molar-refractivity contribution in [3.05, 3.63) is 35.9 Å². The lowest BCUT2D eigenvalue weighted by Crippen LogP contribution is -2.37. The molecule has 0 aromatic heterocycles. The van der Waals surface area contributed by atoms with Gasteiger partial charge in [0.15, 0.2) is 5.17 Å². The first-order valence-corrected chi connectivity index (χ1v) is 9.54. The maximum atomic E-state index is 6.39. The SMILES string of the molecule is C=CCN(CC=C)C1CCC2=C(C1)S(Cl)(Cl)C(N)=N2. The Morgan fingerprint density at radius 2 is 2.00 bits per heavy atom. The zero-order valence-electron chi connectivity index (χ0n) is 10.8. The van der Waals surface area contributed by atoms with Gasteiger partial charge in [-0.25, -0.2) is 4.99 Å². The third-order valence-corrected chi connectivity index (χ3v) is 7.22. The zero-order valence-corrected chi connectivity index (χ0v) is 13.1. The molecular weight excluding hydrogens is 301 g/mol. The van der Waals surface area contributed by atoms with E-state index in [1.54, 1.807) is 0 Å². The number of aliphatic imine (C=N–C) groups is 1. The van der Waals surface area contributed by atoms with Gasteiger partial charge in [0, 0.05) is 32.5 Å². The predicted octanol–water partition coefficient (Wildman–Crippen LogP) is 3.87. The molecule has 1 aliphatic heterocycles. The maximum Gasteiger partial charge on any atom is 0.172 e. The van der Waals surface area contributed by atoms with Crippen LogP contribution in [0.4, 0.5) is 0 Å². The molecule has 0 spiro atoms. The molecule has 2 N–H and O–H groups in total. The Morgan fingerprint density at radius 3 is 2.58 bits per heavy atom. The molecule has 0 aromatic carbocycles. The molecule has 1 atom stereocenters. The van der Waals surface area contributed by atoms with E-state index in [9.17, 15) is 0 Å². The molecular formula is C13H19Cl2N3S. The van der Waals surface area contributed by atoms with Crippen LogP contribution in [-0.2, 0) is 0 Å².